The highest BCUT2D eigenvalue weighted by molar-refractivity contribution is 6.34. The summed E-state index contributed by atoms with van der Waals surface area (Å²) in [6, 6.07) is 8.06. The molecule has 0 bridgehead atoms. The summed E-state index contributed by atoms with van der Waals surface area (Å²) in [4.78, 5) is 47.8. The number of nitrogens with zero attached hydrogens (tertiary/aromatic N) is 4. The summed E-state index contributed by atoms with van der Waals surface area (Å²) in [7, 11) is 2.38. The van der Waals surface area contributed by atoms with E-state index in [4.69, 9.17) is 23.2 Å². The SMILES string of the molecule is COC(=O)Nc1ccc(N(O)C(=O)Cn2cc[n+](CC(=O)N(O)c3ccc(NC(=O)OC)c(Cl)c3)c2)cc1Cl.[Cl-]. The number of carbonyl (C=O) groups is 4. The first-order chi connectivity index (χ1) is 18.5. The van der Waals surface area contributed by atoms with Gasteiger partial charge >= 0.3 is 12.2 Å². The Hall–Kier alpha value is -4.08. The van der Waals surface area contributed by atoms with E-state index in [1.807, 2.05) is 0 Å². The zero-order valence-corrected chi connectivity index (χ0v) is 23.1. The van der Waals surface area contributed by atoms with Crippen LogP contribution < -0.4 is 37.7 Å². The van der Waals surface area contributed by atoms with Crippen LogP contribution in [0.1, 0.15) is 0 Å². The molecule has 0 atom stereocenters. The standard InChI is InChI=1S/C23H22Cl2N6O8.ClH/c1-38-22(34)26-18-5-3-14(9-16(18)24)30(36)20(32)11-28-7-8-29(13-28)12-21(33)31(37)15-4-6-19(17(25)10-15)27-23(35)39-2;/h3-10,13,36-37H,11-12H2,1-2H3,(H-,26,27,34,35);1H. The summed E-state index contributed by atoms with van der Waals surface area (Å²) in [5.74, 6) is -1.46. The van der Waals surface area contributed by atoms with Gasteiger partial charge in [-0.1, -0.05) is 23.2 Å². The van der Waals surface area contributed by atoms with E-state index in [0.717, 1.165) is 0 Å². The summed E-state index contributed by atoms with van der Waals surface area (Å²) < 4.78 is 11.8. The number of anilines is 4. The van der Waals surface area contributed by atoms with Crippen molar-refractivity contribution in [3.05, 3.63) is 65.2 Å². The summed E-state index contributed by atoms with van der Waals surface area (Å²) >= 11 is 12.2. The van der Waals surface area contributed by atoms with Crippen LogP contribution in [0, 0.1) is 0 Å². The smallest absolute Gasteiger partial charge is 0.411 e. The van der Waals surface area contributed by atoms with Gasteiger partial charge in [0.2, 0.25) is 6.33 Å². The highest BCUT2D eigenvalue weighted by atomic mass is 35.5. The summed E-state index contributed by atoms with van der Waals surface area (Å²) in [5.41, 5.74) is 0.549. The maximum atomic E-state index is 12.6. The van der Waals surface area contributed by atoms with Crippen molar-refractivity contribution in [1.82, 2.24) is 4.57 Å². The Morgan fingerprint density at radius 1 is 0.875 bits per heavy atom. The van der Waals surface area contributed by atoms with Crippen molar-refractivity contribution >= 4 is 70.0 Å². The lowest BCUT2D eigenvalue weighted by Crippen LogP contribution is -3.00. The van der Waals surface area contributed by atoms with Crippen molar-refractivity contribution in [2.24, 2.45) is 0 Å². The number of nitrogens with one attached hydrogen (secondary N) is 2. The number of imidazole rings is 1. The number of aromatic nitrogens is 2. The second-order valence-electron chi connectivity index (χ2n) is 7.73. The van der Waals surface area contributed by atoms with E-state index >= 15 is 0 Å². The molecule has 0 unspecified atom stereocenters. The minimum Gasteiger partial charge on any atom is -1.00 e. The van der Waals surface area contributed by atoms with Crippen molar-refractivity contribution in [3.8, 4) is 0 Å². The zero-order chi connectivity index (χ0) is 28.7. The highest BCUT2D eigenvalue weighted by Crippen LogP contribution is 2.28. The van der Waals surface area contributed by atoms with Crippen LogP contribution in [0.4, 0.5) is 32.3 Å². The summed E-state index contributed by atoms with van der Waals surface area (Å²) in [6.07, 6.45) is 2.92. The normalized spacial score (nSPS) is 10.2. The van der Waals surface area contributed by atoms with Crippen LogP contribution in [-0.4, -0.2) is 53.2 Å². The Morgan fingerprint density at radius 2 is 1.35 bits per heavy atom. The zero-order valence-electron chi connectivity index (χ0n) is 20.9. The fourth-order valence-corrected chi connectivity index (χ4v) is 3.60. The minimum absolute atomic E-state index is 0. The Morgan fingerprint density at radius 3 is 1.80 bits per heavy atom. The molecule has 0 spiro atoms. The van der Waals surface area contributed by atoms with Gasteiger partial charge in [0.05, 0.1) is 47.0 Å². The molecule has 1 heterocycles. The van der Waals surface area contributed by atoms with Gasteiger partial charge in [-0.15, -0.1) is 0 Å². The Labute approximate surface area is 243 Å². The molecule has 14 nitrogen and oxygen atoms in total. The predicted molar refractivity (Wildman–Crippen MR) is 138 cm³/mol. The third-order valence-electron chi connectivity index (χ3n) is 5.09. The van der Waals surface area contributed by atoms with Crippen LogP contribution in [0.15, 0.2) is 55.1 Å². The second-order valence-corrected chi connectivity index (χ2v) is 8.55. The van der Waals surface area contributed by atoms with Crippen LogP contribution in [0.25, 0.3) is 0 Å². The lowest BCUT2D eigenvalue weighted by atomic mass is 10.2. The number of hydroxylamine groups is 2. The number of hydrogen-bond acceptors (Lipinski definition) is 8. The lowest BCUT2D eigenvalue weighted by molar-refractivity contribution is -0.683. The summed E-state index contributed by atoms with van der Waals surface area (Å²) in [6.45, 7) is -0.602. The fourth-order valence-electron chi connectivity index (χ4n) is 3.16. The number of halogens is 3. The maximum absolute atomic E-state index is 12.6. The molecule has 1 aromatic heterocycles. The number of amides is 4. The first-order valence-corrected chi connectivity index (χ1v) is 11.7. The monoisotopic (exact) mass is 616 g/mol. The Kier molecular flexibility index (Phi) is 11.5. The van der Waals surface area contributed by atoms with E-state index in [1.165, 1.54) is 78.5 Å². The van der Waals surface area contributed by atoms with E-state index in [2.05, 4.69) is 20.1 Å². The van der Waals surface area contributed by atoms with Gasteiger partial charge < -0.3 is 21.9 Å². The number of benzene rings is 2. The van der Waals surface area contributed by atoms with Gasteiger partial charge in [0.15, 0.2) is 13.1 Å². The fraction of sp³-hybridized carbons (Fsp3) is 0.174. The van der Waals surface area contributed by atoms with E-state index in [-0.39, 0.29) is 58.3 Å². The first kappa shape index (κ1) is 32.1. The van der Waals surface area contributed by atoms with Gasteiger partial charge in [-0.05, 0) is 36.4 Å². The highest BCUT2D eigenvalue weighted by Gasteiger charge is 2.21. The van der Waals surface area contributed by atoms with E-state index in [9.17, 15) is 29.6 Å². The van der Waals surface area contributed by atoms with Crippen LogP contribution >= 0.6 is 23.2 Å². The lowest BCUT2D eigenvalue weighted by Gasteiger charge is -2.16. The van der Waals surface area contributed by atoms with Crippen molar-refractivity contribution in [2.75, 3.05) is 35.0 Å². The third kappa shape index (κ3) is 8.21. The minimum atomic E-state index is -0.736. The maximum Gasteiger partial charge on any atom is 0.411 e. The molecule has 40 heavy (non-hydrogen) atoms. The molecule has 4 amide bonds. The number of ether oxygens (including phenoxy) is 2. The molecule has 214 valence electrons. The van der Waals surface area contributed by atoms with Gasteiger partial charge in [0.25, 0.3) is 11.8 Å². The van der Waals surface area contributed by atoms with Gasteiger partial charge in [0.1, 0.15) is 12.4 Å². The number of carbonyl (C=O) groups excluding carboxylic acids is 4. The first-order valence-electron chi connectivity index (χ1n) is 10.9. The average molecular weight is 618 g/mol. The van der Waals surface area contributed by atoms with Gasteiger partial charge in [-0.3, -0.25) is 30.6 Å². The van der Waals surface area contributed by atoms with Crippen molar-refractivity contribution in [2.45, 2.75) is 13.1 Å². The quantitative estimate of drug-likeness (QED) is 0.159. The summed E-state index contributed by atoms with van der Waals surface area (Å²) in [5, 5.41) is 26.3. The molecular formula is C23H23Cl3N6O8. The molecular weight excluding hydrogens is 595 g/mol. The van der Waals surface area contributed by atoms with E-state index in [1.54, 1.807) is 0 Å². The van der Waals surface area contributed by atoms with E-state index in [0.29, 0.717) is 10.1 Å². The van der Waals surface area contributed by atoms with Crippen LogP contribution in [-0.2, 0) is 32.2 Å². The number of hydrogen-bond donors (Lipinski definition) is 4. The Balaban J connectivity index is 0.00000560. The van der Waals surface area contributed by atoms with Gasteiger partial charge in [-0.2, -0.15) is 10.1 Å². The molecule has 0 fully saturated rings. The molecule has 0 aliphatic rings. The Bertz CT molecular complexity index is 1300. The van der Waals surface area contributed by atoms with Gasteiger partial charge in [0, 0.05) is 0 Å². The molecule has 0 aliphatic heterocycles. The molecule has 4 N–H and O–H groups in total. The number of rotatable bonds is 8. The molecule has 0 saturated carbocycles. The topological polar surface area (TPSA) is 167 Å². The molecule has 3 rings (SSSR count). The third-order valence-corrected chi connectivity index (χ3v) is 5.72. The molecule has 0 aliphatic carbocycles. The molecule has 2 aromatic carbocycles. The largest absolute Gasteiger partial charge is 1.00 e. The average Bonchev–Trinajstić information content (AvgIpc) is 3.35. The molecule has 3 aromatic rings. The second kappa shape index (κ2) is 14.3. The predicted octanol–water partition coefficient (Wildman–Crippen LogP) is 0.288. The van der Waals surface area contributed by atoms with Gasteiger partial charge in [-0.25, -0.2) is 18.7 Å². The molecule has 0 radical (unpaired) electrons. The van der Waals surface area contributed by atoms with Crippen molar-refractivity contribution in [1.29, 1.82) is 0 Å². The van der Waals surface area contributed by atoms with Crippen LogP contribution in [0.5, 0.6) is 0 Å². The van der Waals surface area contributed by atoms with Crippen molar-refractivity contribution in [3.63, 3.8) is 0 Å². The van der Waals surface area contributed by atoms with Crippen LogP contribution in [0.2, 0.25) is 10.0 Å². The van der Waals surface area contributed by atoms with E-state index < -0.39 is 24.0 Å². The van der Waals surface area contributed by atoms with Crippen molar-refractivity contribution < 1.29 is 56.0 Å². The number of methoxy groups -OCH3 is 2. The molecule has 17 heteroatoms. The molecule has 0 saturated heterocycles. The van der Waals surface area contributed by atoms with Crippen LogP contribution in [0.3, 0.4) is 0 Å².